The smallest absolute Gasteiger partial charge is 0.305 e. The van der Waals surface area contributed by atoms with Gasteiger partial charge in [0.15, 0.2) is 0 Å². The summed E-state index contributed by atoms with van der Waals surface area (Å²) < 4.78 is 4.63. The van der Waals surface area contributed by atoms with Crippen molar-refractivity contribution in [2.45, 2.75) is 89.0 Å². The number of methoxy groups -OCH3 is 1. The highest BCUT2D eigenvalue weighted by molar-refractivity contribution is 8.00. The lowest BCUT2D eigenvalue weighted by atomic mass is 10.1. The zero-order valence-corrected chi connectivity index (χ0v) is 16.7. The van der Waals surface area contributed by atoms with E-state index < -0.39 is 0 Å². The van der Waals surface area contributed by atoms with Gasteiger partial charge in [0.1, 0.15) is 0 Å². The summed E-state index contributed by atoms with van der Waals surface area (Å²) in [6.07, 6.45) is 10.2. The molecule has 0 bridgehead atoms. The number of esters is 1. The van der Waals surface area contributed by atoms with Gasteiger partial charge in [-0.25, -0.2) is 0 Å². The number of hydrogen-bond acceptors (Lipinski definition) is 5. The summed E-state index contributed by atoms with van der Waals surface area (Å²) in [6.45, 7) is 2.83. The number of hydrogen-bond donors (Lipinski definition) is 1. The molecule has 1 aliphatic heterocycles. The van der Waals surface area contributed by atoms with Crippen LogP contribution in [0.2, 0.25) is 0 Å². The molecule has 0 aromatic heterocycles. The first-order valence-corrected chi connectivity index (χ1v) is 10.8. The summed E-state index contributed by atoms with van der Waals surface area (Å²) in [5.41, 5.74) is 0. The zero-order chi connectivity index (χ0) is 18.5. The molecule has 0 aromatic carbocycles. The second-order valence-electron chi connectivity index (χ2n) is 6.82. The van der Waals surface area contributed by atoms with Crippen LogP contribution in [0.3, 0.4) is 0 Å². The molecular weight excluding hydrogens is 338 g/mol. The van der Waals surface area contributed by atoms with Crippen LogP contribution in [0.4, 0.5) is 0 Å². The third-order valence-corrected chi connectivity index (χ3v) is 6.01. The number of rotatable bonds is 14. The van der Waals surface area contributed by atoms with E-state index in [1.165, 1.54) is 7.11 Å². The average molecular weight is 374 g/mol. The number of carbonyl (C=O) groups is 2. The first-order valence-electron chi connectivity index (χ1n) is 9.74. The van der Waals surface area contributed by atoms with Crippen molar-refractivity contribution >= 4 is 23.6 Å². The highest BCUT2D eigenvalue weighted by atomic mass is 32.2. The second-order valence-corrected chi connectivity index (χ2v) is 7.99. The Balaban J connectivity index is 2.18. The molecule has 5 nitrogen and oxygen atoms in total. The topological polar surface area (TPSA) is 66.8 Å². The van der Waals surface area contributed by atoms with Crippen LogP contribution in [0.1, 0.15) is 77.6 Å². The van der Waals surface area contributed by atoms with Crippen molar-refractivity contribution in [3.05, 3.63) is 0 Å². The van der Waals surface area contributed by atoms with Gasteiger partial charge >= 0.3 is 5.97 Å². The van der Waals surface area contributed by atoms with Gasteiger partial charge in [0.2, 0.25) is 5.91 Å². The number of amides is 1. The van der Waals surface area contributed by atoms with E-state index >= 15 is 0 Å². The fourth-order valence-corrected chi connectivity index (χ4v) is 4.35. The molecule has 1 unspecified atom stereocenters. The lowest BCUT2D eigenvalue weighted by molar-refractivity contribution is -0.140. The van der Waals surface area contributed by atoms with Gasteiger partial charge in [-0.1, -0.05) is 45.4 Å². The van der Waals surface area contributed by atoms with Crippen molar-refractivity contribution in [2.24, 2.45) is 0 Å². The van der Waals surface area contributed by atoms with E-state index in [1.807, 2.05) is 4.90 Å². The van der Waals surface area contributed by atoms with E-state index in [1.54, 1.807) is 11.8 Å². The quantitative estimate of drug-likeness (QED) is 0.371. The highest BCUT2D eigenvalue weighted by Crippen LogP contribution is 2.29. The normalized spacial score (nSPS) is 18.6. The van der Waals surface area contributed by atoms with Crippen molar-refractivity contribution in [2.75, 3.05) is 19.4 Å². The molecular formula is C19H35NO4S. The maximum absolute atomic E-state index is 12.1. The van der Waals surface area contributed by atoms with Crippen LogP contribution in [-0.2, 0) is 14.3 Å². The summed E-state index contributed by atoms with van der Waals surface area (Å²) in [6, 6.07) is 0. The molecule has 0 aromatic rings. The molecule has 2 atom stereocenters. The van der Waals surface area contributed by atoms with E-state index in [-0.39, 0.29) is 23.4 Å². The lowest BCUT2D eigenvalue weighted by Gasteiger charge is -2.25. The fourth-order valence-electron chi connectivity index (χ4n) is 3.12. The minimum Gasteiger partial charge on any atom is -0.469 e. The molecule has 1 rings (SSSR count). The largest absolute Gasteiger partial charge is 0.469 e. The maximum Gasteiger partial charge on any atom is 0.305 e. The highest BCUT2D eigenvalue weighted by Gasteiger charge is 2.30. The van der Waals surface area contributed by atoms with Crippen LogP contribution in [0.15, 0.2) is 0 Å². The number of aliphatic hydroxyl groups is 1. The lowest BCUT2D eigenvalue weighted by Crippen LogP contribution is -2.35. The molecule has 146 valence electrons. The van der Waals surface area contributed by atoms with Gasteiger partial charge in [-0.15, -0.1) is 11.8 Å². The summed E-state index contributed by atoms with van der Waals surface area (Å²) in [4.78, 5) is 25.1. The molecule has 1 amide bonds. The number of unbranched alkanes of at least 4 members (excludes halogenated alkanes) is 5. The SMILES string of the molecule is CCCCC[C@@H](O)CCN1C(=O)CSC1CCCCCCC(=O)OC. The van der Waals surface area contributed by atoms with Gasteiger partial charge in [0.25, 0.3) is 0 Å². The summed E-state index contributed by atoms with van der Waals surface area (Å²) in [5.74, 6) is 0.640. The molecule has 0 saturated carbocycles. The Kier molecular flexibility index (Phi) is 12.0. The van der Waals surface area contributed by atoms with E-state index in [9.17, 15) is 14.7 Å². The van der Waals surface area contributed by atoms with Crippen LogP contribution in [0, 0.1) is 0 Å². The molecule has 1 saturated heterocycles. The fraction of sp³-hybridized carbons (Fsp3) is 0.895. The predicted octanol–water partition coefficient (Wildman–Crippen LogP) is 3.73. The van der Waals surface area contributed by atoms with Crippen LogP contribution in [0.5, 0.6) is 0 Å². The summed E-state index contributed by atoms with van der Waals surface area (Å²) in [5, 5.41) is 10.3. The summed E-state index contributed by atoms with van der Waals surface area (Å²) >= 11 is 1.72. The number of carbonyl (C=O) groups excluding carboxylic acids is 2. The van der Waals surface area contributed by atoms with Crippen molar-refractivity contribution in [1.82, 2.24) is 4.90 Å². The Morgan fingerprint density at radius 1 is 1.24 bits per heavy atom. The van der Waals surface area contributed by atoms with E-state index in [4.69, 9.17) is 0 Å². The van der Waals surface area contributed by atoms with Crippen molar-refractivity contribution in [1.29, 1.82) is 0 Å². The van der Waals surface area contributed by atoms with Gasteiger partial charge < -0.3 is 14.7 Å². The third-order valence-electron chi connectivity index (χ3n) is 4.72. The minimum absolute atomic E-state index is 0.138. The molecule has 0 spiro atoms. The van der Waals surface area contributed by atoms with Crippen molar-refractivity contribution < 1.29 is 19.4 Å². The second kappa shape index (κ2) is 13.5. The van der Waals surface area contributed by atoms with Crippen molar-refractivity contribution in [3.63, 3.8) is 0 Å². The van der Waals surface area contributed by atoms with E-state index in [0.29, 0.717) is 25.1 Å². The Labute approximate surface area is 156 Å². The van der Waals surface area contributed by atoms with Gasteiger partial charge in [-0.05, 0) is 25.7 Å². The van der Waals surface area contributed by atoms with Gasteiger partial charge in [-0.2, -0.15) is 0 Å². The molecule has 1 fully saturated rings. The van der Waals surface area contributed by atoms with E-state index in [0.717, 1.165) is 57.8 Å². The molecule has 1 N–H and O–H groups in total. The predicted molar refractivity (Wildman–Crippen MR) is 102 cm³/mol. The van der Waals surface area contributed by atoms with Gasteiger partial charge in [-0.3, -0.25) is 9.59 Å². The first-order chi connectivity index (χ1) is 12.1. The molecule has 25 heavy (non-hydrogen) atoms. The Bertz CT molecular complexity index is 392. The monoisotopic (exact) mass is 373 g/mol. The molecule has 0 radical (unpaired) electrons. The standard InChI is InChI=1S/C19H35NO4S/c1-3-4-7-10-16(21)13-14-20-17(22)15-25-18(20)11-8-5-6-9-12-19(23)24-2/h16,18,21H,3-15H2,1-2H3/t16-,18?/m1/s1. The van der Waals surface area contributed by atoms with Crippen molar-refractivity contribution in [3.8, 4) is 0 Å². The maximum atomic E-state index is 12.1. The van der Waals surface area contributed by atoms with Crippen LogP contribution in [-0.4, -0.2) is 52.8 Å². The Hall–Kier alpha value is -0.750. The zero-order valence-electron chi connectivity index (χ0n) is 15.9. The molecule has 1 aliphatic rings. The summed E-state index contributed by atoms with van der Waals surface area (Å²) in [7, 11) is 1.42. The van der Waals surface area contributed by atoms with Crippen LogP contribution < -0.4 is 0 Å². The average Bonchev–Trinajstić information content (AvgIpc) is 2.96. The Morgan fingerprint density at radius 2 is 2.00 bits per heavy atom. The first kappa shape index (κ1) is 22.3. The number of ether oxygens (including phenoxy) is 1. The molecule has 6 heteroatoms. The number of nitrogens with zero attached hydrogens (tertiary/aromatic N) is 1. The van der Waals surface area contributed by atoms with E-state index in [2.05, 4.69) is 11.7 Å². The van der Waals surface area contributed by atoms with Crippen LogP contribution in [0.25, 0.3) is 0 Å². The minimum atomic E-state index is -0.288. The van der Waals surface area contributed by atoms with Crippen LogP contribution >= 0.6 is 11.8 Å². The van der Waals surface area contributed by atoms with Gasteiger partial charge in [0.05, 0.1) is 24.3 Å². The molecule has 1 heterocycles. The van der Waals surface area contributed by atoms with Gasteiger partial charge in [0, 0.05) is 13.0 Å². The molecule has 0 aliphatic carbocycles. The Morgan fingerprint density at radius 3 is 2.72 bits per heavy atom. The number of thioether (sulfide) groups is 1. The third kappa shape index (κ3) is 9.50. The number of aliphatic hydroxyl groups excluding tert-OH is 1.